The van der Waals surface area contributed by atoms with Gasteiger partial charge in [-0.15, -0.1) is 0 Å². The van der Waals surface area contributed by atoms with Crippen LogP contribution in [0.1, 0.15) is 0 Å². The number of rotatable bonds is 2. The predicted molar refractivity (Wildman–Crippen MR) is 53.9 cm³/mol. The van der Waals surface area contributed by atoms with Gasteiger partial charge in [-0.3, -0.25) is 0 Å². The van der Waals surface area contributed by atoms with Crippen LogP contribution in [0.5, 0.6) is 0 Å². The van der Waals surface area contributed by atoms with E-state index in [1.807, 2.05) is 31.2 Å². The van der Waals surface area contributed by atoms with Gasteiger partial charge in [0.2, 0.25) is 0 Å². The molecule has 66 valence electrons. The number of nitrogens with one attached hydrogen (secondary N) is 1. The fourth-order valence-corrected chi connectivity index (χ4v) is 1.38. The molecule has 0 saturated heterocycles. The average Bonchev–Trinajstić information content (AvgIpc) is 2.01. The predicted octanol–water partition coefficient (Wildman–Crippen LogP) is 2.56. The van der Waals surface area contributed by atoms with Crippen LogP contribution in [0.3, 0.4) is 0 Å². The molecule has 1 rings (SSSR count). The third kappa shape index (κ3) is 2.27. The molecular weight excluding hydrogens is 195 g/mol. The summed E-state index contributed by atoms with van der Waals surface area (Å²) in [5.41, 5.74) is 3.89. The van der Waals surface area contributed by atoms with Gasteiger partial charge in [-0.1, -0.05) is 23.2 Å². The van der Waals surface area contributed by atoms with Crippen LogP contribution in [0.15, 0.2) is 18.2 Å². The Labute approximate surface area is 82.0 Å². The van der Waals surface area contributed by atoms with E-state index in [-0.39, 0.29) is 0 Å². The number of hydrogen-bond donors (Lipinski definition) is 1. The van der Waals surface area contributed by atoms with Gasteiger partial charge >= 0.3 is 0 Å². The zero-order valence-corrected chi connectivity index (χ0v) is 8.45. The first-order chi connectivity index (χ1) is 5.63. The molecule has 4 heteroatoms. The van der Waals surface area contributed by atoms with Crippen molar-refractivity contribution in [1.29, 1.82) is 0 Å². The molecule has 0 spiro atoms. The first-order valence-corrected chi connectivity index (χ1v) is 4.26. The van der Waals surface area contributed by atoms with E-state index in [1.165, 1.54) is 0 Å². The van der Waals surface area contributed by atoms with E-state index >= 15 is 0 Å². The Bertz CT molecular complexity index is 256. The van der Waals surface area contributed by atoms with Crippen molar-refractivity contribution < 1.29 is 0 Å². The summed E-state index contributed by atoms with van der Waals surface area (Å²) >= 11 is 11.6. The highest BCUT2D eigenvalue weighted by Crippen LogP contribution is 2.23. The Morgan fingerprint density at radius 1 is 1.17 bits per heavy atom. The topological polar surface area (TPSA) is 15.3 Å². The fraction of sp³-hybridized carbons (Fsp3) is 0.250. The largest absolute Gasteiger partial charge is 0.312 e. The molecule has 12 heavy (non-hydrogen) atoms. The standard InChI is InChI=1S/C8H10Cl2N2/c1-11-12(2)8-4-6(9)3-7(10)5-8/h3-5,11H,1-2H3. The van der Waals surface area contributed by atoms with Crippen molar-refractivity contribution in [2.24, 2.45) is 0 Å². The van der Waals surface area contributed by atoms with Gasteiger partial charge in [0.05, 0.1) is 5.69 Å². The van der Waals surface area contributed by atoms with Gasteiger partial charge < -0.3 is 5.01 Å². The Hall–Kier alpha value is -0.440. The van der Waals surface area contributed by atoms with Crippen molar-refractivity contribution >= 4 is 28.9 Å². The first-order valence-electron chi connectivity index (χ1n) is 3.50. The number of benzene rings is 1. The Balaban J connectivity index is 3.00. The lowest BCUT2D eigenvalue weighted by molar-refractivity contribution is 0.791. The molecule has 0 atom stereocenters. The normalized spacial score (nSPS) is 10.0. The van der Waals surface area contributed by atoms with E-state index in [1.54, 1.807) is 6.07 Å². The van der Waals surface area contributed by atoms with Gasteiger partial charge in [0.1, 0.15) is 0 Å². The molecule has 0 aromatic heterocycles. The summed E-state index contributed by atoms with van der Waals surface area (Å²) in [7, 11) is 3.72. The third-order valence-electron chi connectivity index (χ3n) is 1.57. The number of hydrogen-bond acceptors (Lipinski definition) is 2. The van der Waals surface area contributed by atoms with E-state index in [0.717, 1.165) is 5.69 Å². The molecule has 0 unspecified atom stereocenters. The number of hydrazine groups is 1. The average molecular weight is 205 g/mol. The van der Waals surface area contributed by atoms with Crippen molar-refractivity contribution in [3.8, 4) is 0 Å². The maximum absolute atomic E-state index is 5.81. The van der Waals surface area contributed by atoms with Crippen LogP contribution >= 0.6 is 23.2 Å². The van der Waals surface area contributed by atoms with Crippen molar-refractivity contribution in [2.75, 3.05) is 19.1 Å². The van der Waals surface area contributed by atoms with Gasteiger partial charge in [-0.2, -0.15) is 0 Å². The van der Waals surface area contributed by atoms with Gasteiger partial charge in [-0.05, 0) is 18.2 Å². The summed E-state index contributed by atoms with van der Waals surface area (Å²) < 4.78 is 0. The van der Waals surface area contributed by atoms with Gasteiger partial charge in [0.15, 0.2) is 0 Å². The summed E-state index contributed by atoms with van der Waals surface area (Å²) in [5.74, 6) is 0. The van der Waals surface area contributed by atoms with Crippen molar-refractivity contribution in [3.63, 3.8) is 0 Å². The van der Waals surface area contributed by atoms with Crippen LogP contribution < -0.4 is 10.4 Å². The SMILES string of the molecule is CNN(C)c1cc(Cl)cc(Cl)c1. The molecule has 1 N–H and O–H groups in total. The maximum Gasteiger partial charge on any atom is 0.0545 e. The second-order valence-electron chi connectivity index (χ2n) is 2.41. The minimum atomic E-state index is 0.639. The molecule has 0 amide bonds. The van der Waals surface area contributed by atoms with Crippen LogP contribution in [-0.2, 0) is 0 Å². The molecule has 2 nitrogen and oxygen atoms in total. The lowest BCUT2D eigenvalue weighted by Crippen LogP contribution is -2.30. The summed E-state index contributed by atoms with van der Waals surface area (Å²) in [6.45, 7) is 0. The van der Waals surface area contributed by atoms with E-state index in [2.05, 4.69) is 5.43 Å². The number of halogens is 2. The van der Waals surface area contributed by atoms with Crippen molar-refractivity contribution in [2.45, 2.75) is 0 Å². The summed E-state index contributed by atoms with van der Waals surface area (Å²) in [4.78, 5) is 0. The molecule has 1 aromatic carbocycles. The van der Waals surface area contributed by atoms with E-state index in [0.29, 0.717) is 10.0 Å². The highest BCUT2D eigenvalue weighted by atomic mass is 35.5. The molecule has 0 heterocycles. The molecule has 0 aliphatic carbocycles. The molecule has 0 aliphatic heterocycles. The molecule has 0 radical (unpaired) electrons. The number of anilines is 1. The molecule has 0 aliphatic rings. The van der Waals surface area contributed by atoms with E-state index < -0.39 is 0 Å². The zero-order chi connectivity index (χ0) is 9.14. The summed E-state index contributed by atoms with van der Waals surface area (Å²) in [5, 5.41) is 3.11. The lowest BCUT2D eigenvalue weighted by Gasteiger charge is -2.17. The molecular formula is C8H10Cl2N2. The van der Waals surface area contributed by atoms with Crippen LogP contribution in [0, 0.1) is 0 Å². The van der Waals surface area contributed by atoms with Gasteiger partial charge in [0, 0.05) is 24.1 Å². The highest BCUT2D eigenvalue weighted by molar-refractivity contribution is 6.35. The van der Waals surface area contributed by atoms with E-state index in [9.17, 15) is 0 Å². The maximum atomic E-state index is 5.81. The molecule has 0 bridgehead atoms. The highest BCUT2D eigenvalue weighted by Gasteiger charge is 2.00. The minimum absolute atomic E-state index is 0.639. The second kappa shape index (κ2) is 3.99. The first kappa shape index (κ1) is 9.65. The number of nitrogens with zero attached hydrogens (tertiary/aromatic N) is 1. The Kier molecular flexibility index (Phi) is 3.20. The van der Waals surface area contributed by atoms with Crippen LogP contribution in [0.4, 0.5) is 5.69 Å². The van der Waals surface area contributed by atoms with E-state index in [4.69, 9.17) is 23.2 Å². The van der Waals surface area contributed by atoms with Crippen LogP contribution in [0.25, 0.3) is 0 Å². The van der Waals surface area contributed by atoms with Crippen molar-refractivity contribution in [1.82, 2.24) is 5.43 Å². The zero-order valence-electron chi connectivity index (χ0n) is 6.94. The summed E-state index contributed by atoms with van der Waals surface area (Å²) in [6.07, 6.45) is 0. The van der Waals surface area contributed by atoms with Crippen LogP contribution in [-0.4, -0.2) is 14.1 Å². The second-order valence-corrected chi connectivity index (χ2v) is 3.28. The minimum Gasteiger partial charge on any atom is -0.312 e. The molecule has 0 fully saturated rings. The van der Waals surface area contributed by atoms with Crippen LogP contribution in [0.2, 0.25) is 10.0 Å². The fourth-order valence-electron chi connectivity index (χ4n) is 0.862. The van der Waals surface area contributed by atoms with Crippen molar-refractivity contribution in [3.05, 3.63) is 28.2 Å². The molecule has 0 saturated carbocycles. The monoisotopic (exact) mass is 204 g/mol. The lowest BCUT2D eigenvalue weighted by atomic mass is 10.3. The molecule has 1 aromatic rings. The van der Waals surface area contributed by atoms with Gasteiger partial charge in [0.25, 0.3) is 0 Å². The Morgan fingerprint density at radius 3 is 2.08 bits per heavy atom. The summed E-state index contributed by atoms with van der Waals surface area (Å²) in [6, 6.07) is 5.38. The Morgan fingerprint density at radius 2 is 1.67 bits per heavy atom. The third-order valence-corrected chi connectivity index (χ3v) is 2.01. The quantitative estimate of drug-likeness (QED) is 0.746. The smallest absolute Gasteiger partial charge is 0.0545 e. The van der Waals surface area contributed by atoms with Gasteiger partial charge in [-0.25, -0.2) is 5.43 Å².